The topological polar surface area (TPSA) is 135 Å². The highest BCUT2D eigenvalue weighted by Gasteiger charge is 2.85. The predicted octanol–water partition coefficient (Wildman–Crippen LogP) is -0.584. The van der Waals surface area contributed by atoms with Gasteiger partial charge in [0.25, 0.3) is 0 Å². The summed E-state index contributed by atoms with van der Waals surface area (Å²) >= 11 is 0. The summed E-state index contributed by atoms with van der Waals surface area (Å²) in [5, 5.41) is 22.7. The van der Waals surface area contributed by atoms with Gasteiger partial charge in [-0.3, -0.25) is 4.79 Å². The average Bonchev–Trinajstić information content (AvgIpc) is 3.42. The number of hydrogen-bond donors (Lipinski definition) is 2. The second-order valence-corrected chi connectivity index (χ2v) is 9.50. The molecule has 9 heteroatoms. The zero-order valence-corrected chi connectivity index (χ0v) is 16.6. The maximum Gasteiger partial charge on any atom is 0.341 e. The van der Waals surface area contributed by atoms with Crippen molar-refractivity contribution in [2.45, 2.75) is 80.9 Å². The van der Waals surface area contributed by atoms with Crippen LogP contribution in [0.4, 0.5) is 0 Å². The second kappa shape index (κ2) is 5.08. The van der Waals surface area contributed by atoms with E-state index < -0.39 is 70.3 Å². The lowest BCUT2D eigenvalue weighted by atomic mass is 9.71. The van der Waals surface area contributed by atoms with Gasteiger partial charge in [0.05, 0.1) is 17.9 Å². The van der Waals surface area contributed by atoms with Crippen LogP contribution >= 0.6 is 0 Å². The number of carbonyl (C=O) groups excluding carboxylic acids is 3. The van der Waals surface area contributed by atoms with Crippen molar-refractivity contribution in [2.24, 2.45) is 11.8 Å². The van der Waals surface area contributed by atoms with Crippen LogP contribution in [-0.2, 0) is 33.3 Å². The third-order valence-corrected chi connectivity index (χ3v) is 7.73. The monoisotopic (exact) mass is 408 g/mol. The van der Waals surface area contributed by atoms with Crippen molar-refractivity contribution in [3.8, 4) is 0 Å². The van der Waals surface area contributed by atoms with Gasteiger partial charge in [-0.15, -0.1) is 0 Å². The quantitative estimate of drug-likeness (QED) is 0.349. The first-order valence-corrected chi connectivity index (χ1v) is 9.74. The highest BCUT2D eigenvalue weighted by Crippen LogP contribution is 2.64. The SMILES string of the molecule is C=C1C(=O)O[C@H]2[C@H]1[C@H](OC(=O)C1(C)OC1C)CC(C)(O)C1(O)C(=O)[C@H]3O[C@@]3(C)[C@@H]21. The van der Waals surface area contributed by atoms with Gasteiger partial charge in [-0.2, -0.15) is 0 Å². The molecule has 158 valence electrons. The van der Waals surface area contributed by atoms with E-state index in [1.807, 2.05) is 0 Å². The number of ether oxygens (including phenoxy) is 4. The van der Waals surface area contributed by atoms with Crippen molar-refractivity contribution >= 4 is 17.7 Å². The van der Waals surface area contributed by atoms with Gasteiger partial charge in [-0.1, -0.05) is 6.58 Å². The number of aliphatic hydroxyl groups is 2. The molecule has 0 aromatic carbocycles. The minimum absolute atomic E-state index is 0.0721. The Morgan fingerprint density at radius 3 is 2.41 bits per heavy atom. The first-order chi connectivity index (χ1) is 13.3. The van der Waals surface area contributed by atoms with Crippen LogP contribution in [0.3, 0.4) is 0 Å². The normalized spacial score (nSPS) is 57.4. The van der Waals surface area contributed by atoms with Crippen molar-refractivity contribution < 1.29 is 43.5 Å². The van der Waals surface area contributed by atoms with Crippen molar-refractivity contribution in [3.05, 3.63) is 12.2 Å². The molecule has 2 N–H and O–H groups in total. The molecular weight excluding hydrogens is 384 g/mol. The lowest BCUT2D eigenvalue weighted by Crippen LogP contribution is -2.63. The molecule has 0 bridgehead atoms. The molecule has 0 aromatic heterocycles. The van der Waals surface area contributed by atoms with Crippen LogP contribution in [0.1, 0.15) is 34.1 Å². The molecule has 3 heterocycles. The molecule has 0 amide bonds. The van der Waals surface area contributed by atoms with E-state index in [0.29, 0.717) is 0 Å². The highest BCUT2D eigenvalue weighted by molar-refractivity contribution is 6.00. The van der Waals surface area contributed by atoms with Crippen LogP contribution in [0.25, 0.3) is 0 Å². The molecule has 5 aliphatic rings. The molecule has 4 unspecified atom stereocenters. The average molecular weight is 408 g/mol. The molecular formula is C20H24O9. The molecule has 9 nitrogen and oxygen atoms in total. The summed E-state index contributed by atoms with van der Waals surface area (Å²) in [4.78, 5) is 38.0. The van der Waals surface area contributed by atoms with Crippen molar-refractivity contribution in [3.63, 3.8) is 0 Å². The van der Waals surface area contributed by atoms with Gasteiger partial charge < -0.3 is 29.2 Å². The van der Waals surface area contributed by atoms with Gasteiger partial charge >= 0.3 is 11.9 Å². The van der Waals surface area contributed by atoms with Gasteiger partial charge in [0.15, 0.2) is 17.0 Å². The standard InChI is InChI=1S/C20H24O9/c1-7-10-9(26-16(23)18(4)8(2)28-18)6-17(3,24)20(25)12(11(10)27-15(7)22)19(5)14(29-19)13(20)21/h8-12,14,24-25H,1,6H2,2-5H3/t8?,9-,10-,11+,12-,14-,17?,18?,19+,20?/m1/s1. The number of ketones is 1. The van der Waals surface area contributed by atoms with E-state index >= 15 is 0 Å². The fourth-order valence-electron chi connectivity index (χ4n) is 5.61. The first-order valence-electron chi connectivity index (χ1n) is 9.74. The zero-order chi connectivity index (χ0) is 21.3. The van der Waals surface area contributed by atoms with Crippen LogP contribution in [0.15, 0.2) is 12.2 Å². The molecule has 5 rings (SSSR count). The number of hydrogen-bond acceptors (Lipinski definition) is 9. The third kappa shape index (κ3) is 2.06. The van der Waals surface area contributed by atoms with Gasteiger partial charge in [-0.25, -0.2) is 9.59 Å². The Bertz CT molecular complexity index is 879. The summed E-state index contributed by atoms with van der Waals surface area (Å²) in [6, 6.07) is 0. The second-order valence-electron chi connectivity index (χ2n) is 9.50. The van der Waals surface area contributed by atoms with Crippen molar-refractivity contribution in [1.29, 1.82) is 0 Å². The number of fused-ring (bicyclic) bond motifs is 5. The van der Waals surface area contributed by atoms with Crippen molar-refractivity contribution in [1.82, 2.24) is 0 Å². The lowest BCUT2D eigenvalue weighted by Gasteiger charge is -2.43. The predicted molar refractivity (Wildman–Crippen MR) is 93.3 cm³/mol. The summed E-state index contributed by atoms with van der Waals surface area (Å²) in [5.74, 6) is -3.84. The Hall–Kier alpha value is -1.81. The van der Waals surface area contributed by atoms with Crippen LogP contribution in [0.2, 0.25) is 0 Å². The molecule has 10 atom stereocenters. The molecule has 3 aliphatic heterocycles. The van der Waals surface area contributed by atoms with E-state index in [0.717, 1.165) is 0 Å². The van der Waals surface area contributed by atoms with E-state index in [-0.39, 0.29) is 18.1 Å². The number of rotatable bonds is 2. The van der Waals surface area contributed by atoms with Gasteiger partial charge in [0.1, 0.15) is 29.5 Å². The Labute approximate surface area is 166 Å². The summed E-state index contributed by atoms with van der Waals surface area (Å²) in [5.41, 5.74) is -6.29. The van der Waals surface area contributed by atoms with E-state index in [2.05, 4.69) is 6.58 Å². The Balaban J connectivity index is 1.59. The van der Waals surface area contributed by atoms with Gasteiger partial charge in [0.2, 0.25) is 0 Å². The highest BCUT2D eigenvalue weighted by atomic mass is 16.7. The number of epoxide rings is 2. The van der Waals surface area contributed by atoms with Crippen molar-refractivity contribution in [2.75, 3.05) is 0 Å². The summed E-state index contributed by atoms with van der Waals surface area (Å²) in [6.07, 6.45) is -3.56. The van der Waals surface area contributed by atoms with Crippen LogP contribution in [0.5, 0.6) is 0 Å². The zero-order valence-electron chi connectivity index (χ0n) is 16.6. The molecule has 3 saturated heterocycles. The van der Waals surface area contributed by atoms with E-state index in [4.69, 9.17) is 18.9 Å². The molecule has 0 radical (unpaired) electrons. The minimum atomic E-state index is -2.22. The molecule has 2 aliphatic carbocycles. The molecule has 2 saturated carbocycles. The summed E-state index contributed by atoms with van der Waals surface area (Å²) in [6.45, 7) is 10.1. The van der Waals surface area contributed by atoms with Crippen LogP contribution < -0.4 is 0 Å². The third-order valence-electron chi connectivity index (χ3n) is 7.73. The molecule has 5 fully saturated rings. The summed E-state index contributed by atoms with van der Waals surface area (Å²) < 4.78 is 22.1. The number of Topliss-reactive ketones (excluding diaryl/α,β-unsaturated/α-hetero) is 1. The lowest BCUT2D eigenvalue weighted by molar-refractivity contribution is -0.203. The van der Waals surface area contributed by atoms with E-state index in [1.54, 1.807) is 20.8 Å². The number of carbonyl (C=O) groups is 3. The van der Waals surface area contributed by atoms with Gasteiger partial charge in [-0.05, 0) is 27.7 Å². The molecule has 29 heavy (non-hydrogen) atoms. The Morgan fingerprint density at radius 1 is 1.21 bits per heavy atom. The fourth-order valence-corrected chi connectivity index (χ4v) is 5.61. The molecule has 0 spiro atoms. The van der Waals surface area contributed by atoms with Crippen LogP contribution in [-0.4, -0.2) is 74.8 Å². The minimum Gasteiger partial charge on any atom is -0.459 e. The smallest absolute Gasteiger partial charge is 0.341 e. The van der Waals surface area contributed by atoms with E-state index in [9.17, 15) is 24.6 Å². The molecule has 0 aromatic rings. The Kier molecular flexibility index (Phi) is 3.36. The van der Waals surface area contributed by atoms with Crippen LogP contribution in [0, 0.1) is 11.8 Å². The first kappa shape index (κ1) is 19.2. The maximum atomic E-state index is 12.9. The maximum absolute atomic E-state index is 12.9. The largest absolute Gasteiger partial charge is 0.459 e. The van der Waals surface area contributed by atoms with E-state index in [1.165, 1.54) is 6.92 Å². The van der Waals surface area contributed by atoms with Gasteiger partial charge in [0, 0.05) is 12.0 Å². The Morgan fingerprint density at radius 2 is 1.83 bits per heavy atom. The number of esters is 2. The summed E-state index contributed by atoms with van der Waals surface area (Å²) in [7, 11) is 0. The fraction of sp³-hybridized carbons (Fsp3) is 0.750.